The summed E-state index contributed by atoms with van der Waals surface area (Å²) < 4.78 is 31.2. The van der Waals surface area contributed by atoms with Crippen LogP contribution in [-0.4, -0.2) is 21.5 Å². The number of aromatic nitrogens is 2. The van der Waals surface area contributed by atoms with Crippen LogP contribution in [0.3, 0.4) is 0 Å². The van der Waals surface area contributed by atoms with Gasteiger partial charge in [0.25, 0.3) is 0 Å². The van der Waals surface area contributed by atoms with Crippen molar-refractivity contribution in [3.8, 4) is 5.75 Å². The van der Waals surface area contributed by atoms with E-state index in [1.807, 2.05) is 20.0 Å². The summed E-state index contributed by atoms with van der Waals surface area (Å²) in [5, 5.41) is 10.4. The molecule has 0 saturated carbocycles. The number of aryl methyl sites for hydroxylation is 3. The monoisotopic (exact) mass is 340 g/mol. The molecule has 0 aliphatic heterocycles. The van der Waals surface area contributed by atoms with Gasteiger partial charge in [-0.3, -0.25) is 4.68 Å². The number of halogens is 2. The van der Waals surface area contributed by atoms with Gasteiger partial charge in [-0.05, 0) is 49.8 Å². The Hall–Kier alpha value is -2.22. The Bertz CT molecular complexity index is 703. The Morgan fingerprint density at radius 3 is 2.70 bits per heavy atom. The van der Waals surface area contributed by atoms with Crippen LogP contribution >= 0.6 is 12.2 Å². The maximum absolute atomic E-state index is 12.5. The molecule has 0 unspecified atom stereocenters. The Kier molecular flexibility index (Phi) is 5.49. The summed E-state index contributed by atoms with van der Waals surface area (Å²) in [4.78, 5) is 0. The maximum atomic E-state index is 12.5. The van der Waals surface area contributed by atoms with Gasteiger partial charge in [0.05, 0.1) is 23.6 Å². The summed E-state index contributed by atoms with van der Waals surface area (Å²) in [6, 6.07) is 6.90. The summed E-state index contributed by atoms with van der Waals surface area (Å²) in [5.74, 6) is 0.0560. The van der Waals surface area contributed by atoms with E-state index in [0.717, 1.165) is 17.0 Å². The Labute approximate surface area is 138 Å². The Balaban J connectivity index is 2.01. The first-order chi connectivity index (χ1) is 10.8. The van der Waals surface area contributed by atoms with Crippen molar-refractivity contribution in [2.45, 2.75) is 27.0 Å². The second-order valence-corrected chi connectivity index (χ2v) is 5.49. The van der Waals surface area contributed by atoms with Crippen LogP contribution in [0.4, 0.5) is 14.5 Å². The molecule has 0 bridgehead atoms. The number of benzene rings is 1. The van der Waals surface area contributed by atoms with E-state index in [-0.39, 0.29) is 5.75 Å². The van der Waals surface area contributed by atoms with Crippen molar-refractivity contribution in [2.75, 3.05) is 5.32 Å². The molecule has 2 N–H and O–H groups in total. The van der Waals surface area contributed by atoms with Crippen molar-refractivity contribution in [3.63, 3.8) is 0 Å². The van der Waals surface area contributed by atoms with Crippen molar-refractivity contribution in [1.82, 2.24) is 15.1 Å². The highest BCUT2D eigenvalue weighted by Gasteiger charge is 2.11. The molecule has 8 heteroatoms. The van der Waals surface area contributed by atoms with E-state index in [9.17, 15) is 8.78 Å². The molecule has 0 aliphatic carbocycles. The zero-order valence-corrected chi connectivity index (χ0v) is 13.9. The number of nitrogens with zero attached hydrogens (tertiary/aromatic N) is 2. The lowest BCUT2D eigenvalue weighted by Crippen LogP contribution is -2.29. The van der Waals surface area contributed by atoms with Crippen LogP contribution in [0.25, 0.3) is 0 Å². The minimum absolute atomic E-state index is 0.0560. The molecular formula is C15H18F2N4OS. The zero-order chi connectivity index (χ0) is 17.0. The van der Waals surface area contributed by atoms with Gasteiger partial charge in [-0.25, -0.2) is 0 Å². The summed E-state index contributed by atoms with van der Waals surface area (Å²) >= 11 is 5.20. The van der Waals surface area contributed by atoms with Gasteiger partial charge >= 0.3 is 6.61 Å². The number of hydrogen-bond acceptors (Lipinski definition) is 3. The summed E-state index contributed by atoms with van der Waals surface area (Å²) in [5.41, 5.74) is 3.07. The highest BCUT2D eigenvalue weighted by Crippen LogP contribution is 2.27. The third kappa shape index (κ3) is 4.88. The van der Waals surface area contributed by atoms with Gasteiger partial charge in [-0.1, -0.05) is 6.07 Å². The number of alkyl halides is 2. The molecule has 0 aliphatic rings. The third-order valence-electron chi connectivity index (χ3n) is 3.13. The minimum atomic E-state index is -2.89. The van der Waals surface area contributed by atoms with E-state index in [1.165, 1.54) is 6.07 Å². The molecule has 0 saturated heterocycles. The van der Waals surface area contributed by atoms with Crippen LogP contribution in [0.5, 0.6) is 5.75 Å². The van der Waals surface area contributed by atoms with E-state index < -0.39 is 6.61 Å². The van der Waals surface area contributed by atoms with E-state index in [2.05, 4.69) is 20.5 Å². The van der Waals surface area contributed by atoms with Crippen molar-refractivity contribution in [3.05, 3.63) is 41.2 Å². The lowest BCUT2D eigenvalue weighted by Gasteiger charge is -2.15. The molecule has 1 heterocycles. The number of thiocarbonyl (C=S) groups is 1. The molecule has 0 fully saturated rings. The molecule has 0 radical (unpaired) electrons. The van der Waals surface area contributed by atoms with Crippen LogP contribution in [0.1, 0.15) is 17.0 Å². The fraction of sp³-hybridized carbons (Fsp3) is 0.333. The molecular weight excluding hydrogens is 322 g/mol. The molecule has 124 valence electrons. The van der Waals surface area contributed by atoms with E-state index >= 15 is 0 Å². The Morgan fingerprint density at radius 1 is 1.35 bits per heavy atom. The van der Waals surface area contributed by atoms with Crippen molar-refractivity contribution < 1.29 is 13.5 Å². The lowest BCUT2D eigenvalue weighted by molar-refractivity contribution is -0.0493. The molecule has 0 atom stereocenters. The highest BCUT2D eigenvalue weighted by atomic mass is 32.1. The van der Waals surface area contributed by atoms with Crippen molar-refractivity contribution in [1.29, 1.82) is 0 Å². The highest BCUT2D eigenvalue weighted by molar-refractivity contribution is 7.80. The zero-order valence-electron chi connectivity index (χ0n) is 13.1. The van der Waals surface area contributed by atoms with Crippen molar-refractivity contribution in [2.24, 2.45) is 7.05 Å². The van der Waals surface area contributed by atoms with Crippen LogP contribution in [0.15, 0.2) is 24.3 Å². The first-order valence-corrected chi connectivity index (χ1v) is 7.36. The van der Waals surface area contributed by atoms with Gasteiger partial charge in [0.2, 0.25) is 0 Å². The molecule has 23 heavy (non-hydrogen) atoms. The number of anilines is 1. The Morgan fingerprint density at radius 2 is 2.09 bits per heavy atom. The maximum Gasteiger partial charge on any atom is 0.387 e. The number of rotatable bonds is 5. The smallest absolute Gasteiger partial charge is 0.387 e. The lowest BCUT2D eigenvalue weighted by atomic mass is 10.2. The van der Waals surface area contributed by atoms with Gasteiger partial charge in [-0.2, -0.15) is 13.9 Å². The predicted octanol–water partition coefficient (Wildman–Crippen LogP) is 3.12. The van der Waals surface area contributed by atoms with E-state index in [0.29, 0.717) is 17.3 Å². The fourth-order valence-corrected chi connectivity index (χ4v) is 2.28. The largest absolute Gasteiger partial charge is 0.433 e. The molecule has 1 aromatic carbocycles. The van der Waals surface area contributed by atoms with Gasteiger partial charge < -0.3 is 15.4 Å². The van der Waals surface area contributed by atoms with Crippen LogP contribution in [0.2, 0.25) is 0 Å². The average molecular weight is 340 g/mol. The van der Waals surface area contributed by atoms with Gasteiger partial charge in [0, 0.05) is 7.05 Å². The molecule has 5 nitrogen and oxygen atoms in total. The molecule has 2 aromatic rings. The summed E-state index contributed by atoms with van der Waals surface area (Å²) in [6.07, 6.45) is 0. The number of hydrogen-bond donors (Lipinski definition) is 2. The SMILES string of the molecule is Cc1ccc(NC(=S)NCc2cc(C)nn2C)c(OC(F)F)c1. The summed E-state index contributed by atoms with van der Waals surface area (Å²) in [7, 11) is 1.84. The van der Waals surface area contributed by atoms with Gasteiger partial charge in [0.15, 0.2) is 5.11 Å². The van der Waals surface area contributed by atoms with Crippen LogP contribution in [-0.2, 0) is 13.6 Å². The van der Waals surface area contributed by atoms with Crippen molar-refractivity contribution >= 4 is 23.0 Å². The molecule has 2 rings (SSSR count). The van der Waals surface area contributed by atoms with Gasteiger partial charge in [-0.15, -0.1) is 0 Å². The quantitative estimate of drug-likeness (QED) is 0.819. The third-order valence-corrected chi connectivity index (χ3v) is 3.38. The normalized spacial score (nSPS) is 10.7. The molecule has 1 aromatic heterocycles. The standard InChI is InChI=1S/C15H18F2N4OS/c1-9-4-5-12(13(6-9)22-14(16)17)19-15(23)18-8-11-7-10(2)20-21(11)3/h4-7,14H,8H2,1-3H3,(H2,18,19,23). The van der Waals surface area contributed by atoms with E-state index in [1.54, 1.807) is 23.7 Å². The number of ether oxygens (including phenoxy) is 1. The fourth-order valence-electron chi connectivity index (χ4n) is 2.09. The molecule has 0 spiro atoms. The minimum Gasteiger partial charge on any atom is -0.433 e. The second-order valence-electron chi connectivity index (χ2n) is 5.09. The number of nitrogens with one attached hydrogen (secondary N) is 2. The van der Waals surface area contributed by atoms with Crippen LogP contribution in [0, 0.1) is 13.8 Å². The topological polar surface area (TPSA) is 51.1 Å². The first kappa shape index (κ1) is 17.1. The average Bonchev–Trinajstić information content (AvgIpc) is 2.77. The van der Waals surface area contributed by atoms with Crippen LogP contribution < -0.4 is 15.4 Å². The molecule has 0 amide bonds. The first-order valence-electron chi connectivity index (χ1n) is 6.95. The second kappa shape index (κ2) is 7.36. The van der Waals surface area contributed by atoms with Gasteiger partial charge in [0.1, 0.15) is 5.75 Å². The van der Waals surface area contributed by atoms with E-state index in [4.69, 9.17) is 12.2 Å². The summed E-state index contributed by atoms with van der Waals surface area (Å²) in [6.45, 7) is 1.28. The predicted molar refractivity (Wildman–Crippen MR) is 88.8 cm³/mol.